The molecule has 29 heavy (non-hydrogen) atoms. The molecule has 1 amide bonds. The van der Waals surface area contributed by atoms with Crippen LogP contribution >= 0.6 is 23.4 Å². The third-order valence-electron chi connectivity index (χ3n) is 4.23. The van der Waals surface area contributed by atoms with Gasteiger partial charge in [-0.05, 0) is 24.1 Å². The van der Waals surface area contributed by atoms with Gasteiger partial charge in [-0.2, -0.15) is 0 Å². The molecule has 1 N–H and O–H groups in total. The average Bonchev–Trinajstić information content (AvgIpc) is 3.14. The van der Waals surface area contributed by atoms with Crippen LogP contribution in [0.4, 0.5) is 0 Å². The molecule has 1 aromatic heterocycles. The number of hydrogen-bond donors (Lipinski definition) is 1. The smallest absolute Gasteiger partial charge is 0.230 e. The summed E-state index contributed by atoms with van der Waals surface area (Å²) in [6.07, 6.45) is 0.805. The summed E-state index contributed by atoms with van der Waals surface area (Å²) < 4.78 is 7.17. The number of aromatic nitrogens is 3. The second-order valence-electron chi connectivity index (χ2n) is 6.34. The molecule has 0 aliphatic carbocycles. The maximum atomic E-state index is 12.3. The van der Waals surface area contributed by atoms with Crippen molar-refractivity contribution < 1.29 is 9.53 Å². The fourth-order valence-corrected chi connectivity index (χ4v) is 3.80. The van der Waals surface area contributed by atoms with Crippen LogP contribution in [0.25, 0.3) is 11.4 Å². The van der Waals surface area contributed by atoms with E-state index in [1.807, 2.05) is 59.2 Å². The molecule has 0 fully saturated rings. The quantitative estimate of drug-likeness (QED) is 0.388. The largest absolute Gasteiger partial charge is 0.385 e. The third kappa shape index (κ3) is 6.06. The number of thioether (sulfide) groups is 1. The van der Waals surface area contributed by atoms with Crippen molar-refractivity contribution in [2.75, 3.05) is 19.5 Å². The summed E-state index contributed by atoms with van der Waals surface area (Å²) in [6, 6.07) is 17.4. The van der Waals surface area contributed by atoms with Crippen LogP contribution in [-0.2, 0) is 22.6 Å². The molecule has 0 spiro atoms. The lowest BCUT2D eigenvalue weighted by Crippen LogP contribution is -2.24. The zero-order chi connectivity index (χ0) is 20.5. The number of methoxy groups -OCH3 is 1. The number of hydrogen-bond acceptors (Lipinski definition) is 5. The van der Waals surface area contributed by atoms with Crippen LogP contribution in [0.3, 0.4) is 0 Å². The molecular weight excluding hydrogens is 408 g/mol. The zero-order valence-corrected chi connectivity index (χ0v) is 17.7. The molecular formula is C21H23ClN4O2S. The highest BCUT2D eigenvalue weighted by Gasteiger charge is 2.17. The van der Waals surface area contributed by atoms with E-state index in [0.29, 0.717) is 35.7 Å². The Hall–Kier alpha value is -2.35. The molecule has 0 bridgehead atoms. The van der Waals surface area contributed by atoms with Crippen molar-refractivity contribution in [1.29, 1.82) is 0 Å². The lowest BCUT2D eigenvalue weighted by Gasteiger charge is -2.11. The number of benzene rings is 2. The molecule has 152 valence electrons. The van der Waals surface area contributed by atoms with Gasteiger partial charge < -0.3 is 14.6 Å². The standard InChI is InChI=1S/C21H23ClN4O2S/c1-28-13-7-12-26-20(17-10-5-6-11-18(17)22)24-25-21(26)29-15-19(27)23-14-16-8-3-2-4-9-16/h2-6,8-11H,7,12-15H2,1H3,(H,23,27). The number of nitrogens with zero attached hydrogens (tertiary/aromatic N) is 3. The van der Waals surface area contributed by atoms with Crippen molar-refractivity contribution in [3.8, 4) is 11.4 Å². The maximum absolute atomic E-state index is 12.3. The van der Waals surface area contributed by atoms with Crippen molar-refractivity contribution in [2.24, 2.45) is 0 Å². The first kappa shape index (κ1) is 21.4. The average molecular weight is 431 g/mol. The van der Waals surface area contributed by atoms with E-state index in [2.05, 4.69) is 15.5 Å². The summed E-state index contributed by atoms with van der Waals surface area (Å²) in [5.74, 6) is 0.904. The normalized spacial score (nSPS) is 10.8. The molecule has 3 aromatic rings. The summed E-state index contributed by atoms with van der Waals surface area (Å²) in [7, 11) is 1.67. The number of amides is 1. The lowest BCUT2D eigenvalue weighted by atomic mass is 10.2. The second kappa shape index (κ2) is 11.0. The predicted molar refractivity (Wildman–Crippen MR) is 116 cm³/mol. The molecule has 0 aliphatic rings. The van der Waals surface area contributed by atoms with Crippen LogP contribution in [0.5, 0.6) is 0 Å². The minimum atomic E-state index is -0.0513. The van der Waals surface area contributed by atoms with Gasteiger partial charge in [-0.3, -0.25) is 4.79 Å². The summed E-state index contributed by atoms with van der Waals surface area (Å²) >= 11 is 7.71. The first-order valence-corrected chi connectivity index (χ1v) is 10.7. The second-order valence-corrected chi connectivity index (χ2v) is 7.68. The van der Waals surface area contributed by atoms with E-state index in [-0.39, 0.29) is 11.7 Å². The fourth-order valence-electron chi connectivity index (χ4n) is 2.78. The molecule has 6 nitrogen and oxygen atoms in total. The van der Waals surface area contributed by atoms with Crippen molar-refractivity contribution in [3.05, 3.63) is 65.2 Å². The van der Waals surface area contributed by atoms with Crippen LogP contribution in [0.15, 0.2) is 59.8 Å². The van der Waals surface area contributed by atoms with Gasteiger partial charge in [0.25, 0.3) is 0 Å². The highest BCUT2D eigenvalue weighted by molar-refractivity contribution is 7.99. The van der Waals surface area contributed by atoms with Crippen molar-refractivity contribution in [2.45, 2.75) is 24.7 Å². The molecule has 3 rings (SSSR count). The molecule has 0 saturated heterocycles. The van der Waals surface area contributed by atoms with Gasteiger partial charge in [-0.15, -0.1) is 10.2 Å². The SMILES string of the molecule is COCCCn1c(SCC(=O)NCc2ccccc2)nnc1-c1ccccc1Cl. The van der Waals surface area contributed by atoms with E-state index in [0.717, 1.165) is 17.5 Å². The Balaban J connectivity index is 1.67. The maximum Gasteiger partial charge on any atom is 0.230 e. The van der Waals surface area contributed by atoms with Crippen LogP contribution in [0.1, 0.15) is 12.0 Å². The summed E-state index contributed by atoms with van der Waals surface area (Å²) in [5, 5.41) is 12.9. The van der Waals surface area contributed by atoms with Gasteiger partial charge in [0.1, 0.15) is 0 Å². The summed E-state index contributed by atoms with van der Waals surface area (Å²) in [5.41, 5.74) is 1.88. The zero-order valence-electron chi connectivity index (χ0n) is 16.2. The first-order valence-electron chi connectivity index (χ1n) is 9.29. The van der Waals surface area contributed by atoms with Crippen LogP contribution in [0, 0.1) is 0 Å². The molecule has 0 aliphatic heterocycles. The number of nitrogens with one attached hydrogen (secondary N) is 1. The van der Waals surface area contributed by atoms with Gasteiger partial charge in [0.2, 0.25) is 5.91 Å². The minimum Gasteiger partial charge on any atom is -0.385 e. The van der Waals surface area contributed by atoms with E-state index in [1.165, 1.54) is 11.8 Å². The van der Waals surface area contributed by atoms with Gasteiger partial charge in [0.05, 0.1) is 10.8 Å². The number of rotatable bonds is 10. The first-order chi connectivity index (χ1) is 14.2. The number of carbonyl (C=O) groups excluding carboxylic acids is 1. The molecule has 2 aromatic carbocycles. The van der Waals surface area contributed by atoms with Gasteiger partial charge in [0.15, 0.2) is 11.0 Å². The number of ether oxygens (including phenoxy) is 1. The Bertz CT molecular complexity index is 933. The predicted octanol–water partition coefficient (Wildman–Crippen LogP) is 4.04. The molecule has 0 atom stereocenters. The van der Waals surface area contributed by atoms with E-state index in [9.17, 15) is 4.79 Å². The summed E-state index contributed by atoms with van der Waals surface area (Å²) in [4.78, 5) is 12.3. The molecule has 0 radical (unpaired) electrons. The Morgan fingerprint density at radius 2 is 1.90 bits per heavy atom. The number of carbonyl (C=O) groups is 1. The fraction of sp³-hybridized carbons (Fsp3) is 0.286. The lowest BCUT2D eigenvalue weighted by molar-refractivity contribution is -0.118. The van der Waals surface area contributed by atoms with E-state index in [1.54, 1.807) is 7.11 Å². The van der Waals surface area contributed by atoms with Crippen LogP contribution < -0.4 is 5.32 Å². The van der Waals surface area contributed by atoms with E-state index in [4.69, 9.17) is 16.3 Å². The topological polar surface area (TPSA) is 69.0 Å². The van der Waals surface area contributed by atoms with Gasteiger partial charge in [0, 0.05) is 32.4 Å². The van der Waals surface area contributed by atoms with Gasteiger partial charge >= 0.3 is 0 Å². The van der Waals surface area contributed by atoms with Gasteiger partial charge in [-0.1, -0.05) is 65.8 Å². The minimum absolute atomic E-state index is 0.0513. The molecule has 8 heteroatoms. The highest BCUT2D eigenvalue weighted by atomic mass is 35.5. The Morgan fingerprint density at radius 1 is 1.14 bits per heavy atom. The van der Waals surface area contributed by atoms with Crippen molar-refractivity contribution in [3.63, 3.8) is 0 Å². The summed E-state index contributed by atoms with van der Waals surface area (Å²) in [6.45, 7) is 1.81. The Kier molecular flexibility index (Phi) is 8.10. The van der Waals surface area contributed by atoms with Gasteiger partial charge in [-0.25, -0.2) is 0 Å². The Morgan fingerprint density at radius 3 is 2.66 bits per heavy atom. The molecule has 0 saturated carbocycles. The molecule has 1 heterocycles. The number of halogens is 1. The van der Waals surface area contributed by atoms with E-state index >= 15 is 0 Å². The molecule has 0 unspecified atom stereocenters. The highest BCUT2D eigenvalue weighted by Crippen LogP contribution is 2.29. The Labute approximate surface area is 179 Å². The van der Waals surface area contributed by atoms with Crippen LogP contribution in [0.2, 0.25) is 5.02 Å². The third-order valence-corrected chi connectivity index (χ3v) is 5.52. The van der Waals surface area contributed by atoms with Crippen LogP contribution in [-0.4, -0.2) is 40.1 Å². The monoisotopic (exact) mass is 430 g/mol. The van der Waals surface area contributed by atoms with Crippen molar-refractivity contribution >= 4 is 29.3 Å². The van der Waals surface area contributed by atoms with Crippen molar-refractivity contribution in [1.82, 2.24) is 20.1 Å². The van der Waals surface area contributed by atoms with E-state index < -0.39 is 0 Å².